The highest BCUT2D eigenvalue weighted by molar-refractivity contribution is 5.95. The van der Waals surface area contributed by atoms with Gasteiger partial charge in [0.05, 0.1) is 5.69 Å². The van der Waals surface area contributed by atoms with E-state index in [0.717, 1.165) is 44.6 Å². The summed E-state index contributed by atoms with van der Waals surface area (Å²) in [5.41, 5.74) is 1.69. The quantitative estimate of drug-likeness (QED) is 0.809. The lowest BCUT2D eigenvalue weighted by Gasteiger charge is -2.32. The third kappa shape index (κ3) is 4.07. The van der Waals surface area contributed by atoms with Gasteiger partial charge in [0.25, 0.3) is 5.91 Å². The molecule has 0 unspecified atom stereocenters. The molecule has 1 saturated heterocycles. The maximum atomic E-state index is 12.9. The highest BCUT2D eigenvalue weighted by atomic mass is 16.7. The van der Waals surface area contributed by atoms with E-state index in [1.54, 1.807) is 6.07 Å². The normalized spacial score (nSPS) is 18.9. The second-order valence-corrected chi connectivity index (χ2v) is 7.86. The van der Waals surface area contributed by atoms with Crippen molar-refractivity contribution in [2.24, 2.45) is 11.8 Å². The number of carbonyl (C=O) groups excluding carboxylic acids is 1. The highest BCUT2D eigenvalue weighted by Gasteiger charge is 2.26. The molecule has 0 bridgehead atoms. The average molecular weight is 370 g/mol. The molecule has 2 aliphatic heterocycles. The Kier molecular flexibility index (Phi) is 5.01. The molecule has 0 saturated carbocycles. The van der Waals surface area contributed by atoms with E-state index in [1.165, 1.54) is 0 Å². The van der Waals surface area contributed by atoms with Gasteiger partial charge in [-0.1, -0.05) is 19.1 Å². The summed E-state index contributed by atoms with van der Waals surface area (Å²) in [6.07, 6.45) is 5.09. The summed E-state index contributed by atoms with van der Waals surface area (Å²) in [5.74, 6) is 2.36. The molecule has 0 radical (unpaired) electrons. The van der Waals surface area contributed by atoms with Crippen LogP contribution in [0.15, 0.2) is 24.4 Å². The fourth-order valence-electron chi connectivity index (χ4n) is 3.81. The molecule has 7 heteroatoms. The standard InChI is InChI=1S/C20H26N4O3/c1-14(2)8-17-12-24(22-21-17)11-15-4-3-7-23(10-15)20(25)16-5-6-18-19(9-16)27-13-26-18/h5-6,9,12,14-15H,3-4,7-8,10-11,13H2,1-2H3/t15-/m1/s1. The molecule has 144 valence electrons. The van der Waals surface area contributed by atoms with E-state index in [0.29, 0.717) is 28.9 Å². The van der Waals surface area contributed by atoms with Gasteiger partial charge in [-0.3, -0.25) is 9.48 Å². The second kappa shape index (κ2) is 7.58. The van der Waals surface area contributed by atoms with Crippen molar-refractivity contribution >= 4 is 5.91 Å². The largest absolute Gasteiger partial charge is 0.454 e. The van der Waals surface area contributed by atoms with Gasteiger partial charge in [0, 0.05) is 31.4 Å². The molecular formula is C20H26N4O3. The minimum Gasteiger partial charge on any atom is -0.454 e. The van der Waals surface area contributed by atoms with Crippen LogP contribution in [0.1, 0.15) is 42.7 Å². The van der Waals surface area contributed by atoms with Crippen molar-refractivity contribution in [3.05, 3.63) is 35.7 Å². The Balaban J connectivity index is 1.39. The molecular weight excluding hydrogens is 344 g/mol. The van der Waals surface area contributed by atoms with Crippen molar-refractivity contribution in [3.8, 4) is 11.5 Å². The summed E-state index contributed by atoms with van der Waals surface area (Å²) in [6, 6.07) is 5.40. The lowest BCUT2D eigenvalue weighted by molar-refractivity contribution is 0.0659. The predicted molar refractivity (Wildman–Crippen MR) is 99.8 cm³/mol. The van der Waals surface area contributed by atoms with Gasteiger partial charge in [-0.15, -0.1) is 5.10 Å². The minimum absolute atomic E-state index is 0.0529. The van der Waals surface area contributed by atoms with E-state index in [-0.39, 0.29) is 12.7 Å². The third-order valence-corrected chi connectivity index (χ3v) is 5.07. The van der Waals surface area contributed by atoms with Crippen molar-refractivity contribution in [2.45, 2.75) is 39.7 Å². The number of amides is 1. The van der Waals surface area contributed by atoms with Gasteiger partial charge >= 0.3 is 0 Å². The minimum atomic E-state index is 0.0529. The number of rotatable bonds is 5. The molecule has 7 nitrogen and oxygen atoms in total. The molecule has 1 aromatic carbocycles. The first kappa shape index (κ1) is 17.8. The fraction of sp³-hybridized carbons (Fsp3) is 0.550. The number of benzene rings is 1. The Bertz CT molecular complexity index is 817. The van der Waals surface area contributed by atoms with Crippen LogP contribution in [0.4, 0.5) is 0 Å². The number of ether oxygens (including phenoxy) is 2. The molecule has 2 aliphatic rings. The zero-order chi connectivity index (χ0) is 18.8. The maximum absolute atomic E-state index is 12.9. The van der Waals surface area contributed by atoms with Crippen molar-refractivity contribution in [2.75, 3.05) is 19.9 Å². The van der Waals surface area contributed by atoms with Crippen LogP contribution in [0.25, 0.3) is 0 Å². The van der Waals surface area contributed by atoms with Crippen LogP contribution in [0.5, 0.6) is 11.5 Å². The Morgan fingerprint density at radius 1 is 1.30 bits per heavy atom. The molecule has 1 amide bonds. The first-order chi connectivity index (χ1) is 13.1. The molecule has 1 atom stereocenters. The molecule has 2 aromatic rings. The van der Waals surface area contributed by atoms with E-state index in [2.05, 4.69) is 24.2 Å². The van der Waals surface area contributed by atoms with Crippen molar-refractivity contribution in [1.29, 1.82) is 0 Å². The van der Waals surface area contributed by atoms with E-state index >= 15 is 0 Å². The number of fused-ring (bicyclic) bond motifs is 1. The lowest BCUT2D eigenvalue weighted by Crippen LogP contribution is -2.41. The smallest absolute Gasteiger partial charge is 0.254 e. The zero-order valence-corrected chi connectivity index (χ0v) is 15.9. The molecule has 0 N–H and O–H groups in total. The average Bonchev–Trinajstić information content (AvgIpc) is 3.29. The summed E-state index contributed by atoms with van der Waals surface area (Å²) >= 11 is 0. The summed E-state index contributed by atoms with van der Waals surface area (Å²) in [4.78, 5) is 14.9. The van der Waals surface area contributed by atoms with Gasteiger partial charge in [0.1, 0.15) is 0 Å². The van der Waals surface area contributed by atoms with Crippen LogP contribution in [-0.2, 0) is 13.0 Å². The molecule has 1 aromatic heterocycles. The molecule has 0 spiro atoms. The second-order valence-electron chi connectivity index (χ2n) is 7.86. The molecule has 27 heavy (non-hydrogen) atoms. The Morgan fingerprint density at radius 2 is 2.15 bits per heavy atom. The zero-order valence-electron chi connectivity index (χ0n) is 15.9. The van der Waals surface area contributed by atoms with Crippen molar-refractivity contribution in [3.63, 3.8) is 0 Å². The molecule has 3 heterocycles. The molecule has 1 fully saturated rings. The number of piperidine rings is 1. The van der Waals surface area contributed by atoms with Crippen molar-refractivity contribution < 1.29 is 14.3 Å². The van der Waals surface area contributed by atoms with Crippen LogP contribution in [0.2, 0.25) is 0 Å². The Hall–Kier alpha value is -2.57. The van der Waals surface area contributed by atoms with E-state index < -0.39 is 0 Å². The number of aromatic nitrogens is 3. The van der Waals surface area contributed by atoms with Gasteiger partial charge in [-0.25, -0.2) is 0 Å². The highest BCUT2D eigenvalue weighted by Crippen LogP contribution is 2.33. The van der Waals surface area contributed by atoms with Gasteiger partial charge in [0.2, 0.25) is 6.79 Å². The fourth-order valence-corrected chi connectivity index (χ4v) is 3.81. The first-order valence-corrected chi connectivity index (χ1v) is 9.66. The van der Waals surface area contributed by atoms with Crippen molar-refractivity contribution in [1.82, 2.24) is 19.9 Å². The van der Waals surface area contributed by atoms with Gasteiger partial charge < -0.3 is 14.4 Å². The van der Waals surface area contributed by atoms with E-state index in [1.807, 2.05) is 27.9 Å². The van der Waals surface area contributed by atoms with E-state index in [4.69, 9.17) is 9.47 Å². The predicted octanol–water partition coefficient (Wildman–Crippen LogP) is 2.76. The number of hydrogen-bond donors (Lipinski definition) is 0. The summed E-state index contributed by atoms with van der Waals surface area (Å²) < 4.78 is 12.6. The van der Waals surface area contributed by atoms with Gasteiger partial charge in [0.15, 0.2) is 11.5 Å². The summed E-state index contributed by atoms with van der Waals surface area (Å²) in [5, 5.41) is 8.53. The van der Waals surface area contributed by atoms with Gasteiger partial charge in [-0.2, -0.15) is 0 Å². The van der Waals surface area contributed by atoms with Gasteiger partial charge in [-0.05, 0) is 49.3 Å². The topological polar surface area (TPSA) is 69.5 Å². The molecule has 4 rings (SSSR count). The SMILES string of the molecule is CC(C)Cc1cn(C[C@@H]2CCCN(C(=O)c3ccc4c(c3)OCO4)C2)nn1. The maximum Gasteiger partial charge on any atom is 0.254 e. The van der Waals surface area contributed by atoms with Crippen LogP contribution >= 0.6 is 0 Å². The number of carbonyl (C=O) groups is 1. The van der Waals surface area contributed by atoms with Crippen LogP contribution in [-0.4, -0.2) is 45.7 Å². The third-order valence-electron chi connectivity index (χ3n) is 5.07. The molecule has 0 aliphatic carbocycles. The number of hydrogen-bond acceptors (Lipinski definition) is 5. The van der Waals surface area contributed by atoms with Crippen LogP contribution < -0.4 is 9.47 Å². The summed E-state index contributed by atoms with van der Waals surface area (Å²) in [6.45, 7) is 6.91. The Morgan fingerprint density at radius 3 is 3.00 bits per heavy atom. The lowest BCUT2D eigenvalue weighted by atomic mass is 9.97. The van der Waals surface area contributed by atoms with E-state index in [9.17, 15) is 4.79 Å². The van der Waals surface area contributed by atoms with Crippen LogP contribution in [0.3, 0.4) is 0 Å². The monoisotopic (exact) mass is 370 g/mol. The number of likely N-dealkylation sites (tertiary alicyclic amines) is 1. The first-order valence-electron chi connectivity index (χ1n) is 9.66. The summed E-state index contributed by atoms with van der Waals surface area (Å²) in [7, 11) is 0. The van der Waals surface area contributed by atoms with Crippen LogP contribution in [0, 0.1) is 11.8 Å². The Labute approximate surface area is 159 Å². The number of nitrogens with zero attached hydrogens (tertiary/aromatic N) is 4.